The molecule has 1 aromatic rings. The lowest BCUT2D eigenvalue weighted by Gasteiger charge is -2.29. The van der Waals surface area contributed by atoms with Crippen LogP contribution >= 0.6 is 0 Å². The summed E-state index contributed by atoms with van der Waals surface area (Å²) in [6.07, 6.45) is 4.65. The van der Waals surface area contributed by atoms with Gasteiger partial charge in [0.2, 0.25) is 11.8 Å². The summed E-state index contributed by atoms with van der Waals surface area (Å²) in [5.41, 5.74) is 8.83. The number of fused-ring (bicyclic) bond motifs is 1. The number of nitrogens with zero attached hydrogens (tertiary/aromatic N) is 2. The van der Waals surface area contributed by atoms with Gasteiger partial charge in [0, 0.05) is 31.9 Å². The Morgan fingerprint density at radius 3 is 2.90 bits per heavy atom. The number of nitrogens with one attached hydrogen (secondary N) is 2. The number of benzene rings is 1. The highest BCUT2D eigenvalue weighted by atomic mass is 16.5. The van der Waals surface area contributed by atoms with Crippen LogP contribution in [0.25, 0.3) is 0 Å². The van der Waals surface area contributed by atoms with Crippen molar-refractivity contribution < 1.29 is 14.3 Å². The Morgan fingerprint density at radius 1 is 1.34 bits per heavy atom. The summed E-state index contributed by atoms with van der Waals surface area (Å²) in [7, 11) is 1.82. The first-order chi connectivity index (χ1) is 13.9. The fourth-order valence-corrected chi connectivity index (χ4v) is 5.24. The first-order valence-corrected chi connectivity index (χ1v) is 10.4. The zero-order valence-corrected chi connectivity index (χ0v) is 17.1. The third-order valence-electron chi connectivity index (χ3n) is 6.98. The fourth-order valence-electron chi connectivity index (χ4n) is 5.24. The number of amides is 2. The summed E-state index contributed by atoms with van der Waals surface area (Å²) in [6.45, 7) is 6.10. The van der Waals surface area contributed by atoms with Gasteiger partial charge in [0.05, 0.1) is 24.5 Å². The summed E-state index contributed by atoms with van der Waals surface area (Å²) in [5.74, 6) is -0.921. The molecule has 0 saturated carbocycles. The van der Waals surface area contributed by atoms with E-state index in [0.29, 0.717) is 13.1 Å². The smallest absolute Gasteiger partial charge is 0.234 e. The molecule has 7 heteroatoms. The Kier molecular flexibility index (Phi) is 4.31. The zero-order valence-electron chi connectivity index (χ0n) is 17.1. The molecule has 0 aliphatic carbocycles. The second-order valence-electron chi connectivity index (χ2n) is 8.87. The van der Waals surface area contributed by atoms with Gasteiger partial charge >= 0.3 is 0 Å². The number of likely N-dealkylation sites (N-methyl/N-ethyl adjacent to an activating group) is 1. The van der Waals surface area contributed by atoms with E-state index in [1.165, 1.54) is 5.56 Å². The van der Waals surface area contributed by atoms with Crippen LogP contribution in [-0.2, 0) is 14.3 Å². The van der Waals surface area contributed by atoms with Gasteiger partial charge in [-0.05, 0) is 43.5 Å². The average Bonchev–Trinajstić information content (AvgIpc) is 3.46. The number of aryl methyl sites for hydroxylation is 2. The monoisotopic (exact) mass is 396 g/mol. The second kappa shape index (κ2) is 6.65. The van der Waals surface area contributed by atoms with E-state index < -0.39 is 17.4 Å². The van der Waals surface area contributed by atoms with Gasteiger partial charge in [-0.1, -0.05) is 18.2 Å². The number of hydrogen-bond donors (Lipinski definition) is 2. The zero-order chi connectivity index (χ0) is 20.3. The largest absolute Gasteiger partial charge is 0.360 e. The maximum atomic E-state index is 13.5. The van der Waals surface area contributed by atoms with E-state index in [-0.39, 0.29) is 24.0 Å². The van der Waals surface area contributed by atoms with Gasteiger partial charge < -0.3 is 14.5 Å². The lowest BCUT2D eigenvalue weighted by molar-refractivity contribution is -0.139. The van der Waals surface area contributed by atoms with Crippen molar-refractivity contribution in [3.63, 3.8) is 0 Å². The maximum Gasteiger partial charge on any atom is 0.234 e. The predicted octanol–water partition coefficient (Wildman–Crippen LogP) is 0.915. The first kappa shape index (κ1) is 18.8. The SMILES string of the molecule is Cc1ccc(N2C[C@@]34C=C[C@@H](O3)C(C(=O)N(C)CC3CCNN3)C4C2=O)cc1C. The highest BCUT2D eigenvalue weighted by Crippen LogP contribution is 2.53. The maximum absolute atomic E-state index is 13.5. The van der Waals surface area contributed by atoms with Crippen molar-refractivity contribution in [1.29, 1.82) is 0 Å². The molecule has 154 valence electrons. The Hall–Kier alpha value is -2.22. The molecule has 4 heterocycles. The molecule has 3 saturated heterocycles. The Bertz CT molecular complexity index is 894. The van der Waals surface area contributed by atoms with Crippen LogP contribution in [0.15, 0.2) is 30.4 Å². The van der Waals surface area contributed by atoms with Crippen LogP contribution in [0.2, 0.25) is 0 Å². The molecule has 0 aromatic heterocycles. The highest BCUT2D eigenvalue weighted by molar-refractivity contribution is 6.03. The molecule has 3 unspecified atom stereocenters. The number of ether oxygens (including phenoxy) is 1. The van der Waals surface area contributed by atoms with Crippen LogP contribution in [0, 0.1) is 25.7 Å². The van der Waals surface area contributed by atoms with Gasteiger partial charge in [-0.3, -0.25) is 20.4 Å². The molecule has 1 spiro atoms. The van der Waals surface area contributed by atoms with E-state index in [1.807, 2.05) is 44.3 Å². The van der Waals surface area contributed by atoms with Crippen LogP contribution in [0.3, 0.4) is 0 Å². The average molecular weight is 396 g/mol. The molecular formula is C22H28N4O3. The lowest BCUT2D eigenvalue weighted by Crippen LogP contribution is -2.48. The third-order valence-corrected chi connectivity index (χ3v) is 6.98. The quantitative estimate of drug-likeness (QED) is 0.741. The van der Waals surface area contributed by atoms with Gasteiger partial charge in [0.25, 0.3) is 0 Å². The molecule has 3 fully saturated rings. The molecule has 29 heavy (non-hydrogen) atoms. The summed E-state index contributed by atoms with van der Waals surface area (Å²) in [6, 6.07) is 6.30. The highest BCUT2D eigenvalue weighted by Gasteiger charge is 2.67. The Balaban J connectivity index is 1.40. The molecular weight excluding hydrogens is 368 g/mol. The van der Waals surface area contributed by atoms with Crippen molar-refractivity contribution in [2.45, 2.75) is 38.0 Å². The molecule has 2 bridgehead atoms. The molecule has 2 N–H and O–H groups in total. The van der Waals surface area contributed by atoms with Crippen molar-refractivity contribution in [2.24, 2.45) is 11.8 Å². The number of anilines is 1. The van der Waals surface area contributed by atoms with Crippen molar-refractivity contribution in [1.82, 2.24) is 15.8 Å². The van der Waals surface area contributed by atoms with E-state index in [2.05, 4.69) is 17.8 Å². The third kappa shape index (κ3) is 2.83. The minimum Gasteiger partial charge on any atom is -0.360 e. The fraction of sp³-hybridized carbons (Fsp3) is 0.545. The summed E-state index contributed by atoms with van der Waals surface area (Å²) in [4.78, 5) is 30.4. The number of hydrogen-bond acceptors (Lipinski definition) is 5. The van der Waals surface area contributed by atoms with E-state index >= 15 is 0 Å². The first-order valence-electron chi connectivity index (χ1n) is 10.4. The Morgan fingerprint density at radius 2 is 2.17 bits per heavy atom. The minimum atomic E-state index is -0.686. The number of carbonyl (C=O) groups is 2. The van der Waals surface area contributed by atoms with Crippen LogP contribution < -0.4 is 15.8 Å². The number of hydrazine groups is 1. The summed E-state index contributed by atoms with van der Waals surface area (Å²) in [5, 5.41) is 0. The van der Waals surface area contributed by atoms with Gasteiger partial charge in [0.15, 0.2) is 0 Å². The van der Waals surface area contributed by atoms with Crippen molar-refractivity contribution in [3.05, 3.63) is 41.5 Å². The van der Waals surface area contributed by atoms with Crippen molar-refractivity contribution >= 4 is 17.5 Å². The number of rotatable bonds is 4. The molecule has 0 radical (unpaired) electrons. The lowest BCUT2D eigenvalue weighted by atomic mass is 9.76. The van der Waals surface area contributed by atoms with Gasteiger partial charge in [-0.2, -0.15) is 0 Å². The van der Waals surface area contributed by atoms with E-state index in [4.69, 9.17) is 4.74 Å². The van der Waals surface area contributed by atoms with Crippen molar-refractivity contribution in [3.8, 4) is 0 Å². The van der Waals surface area contributed by atoms with E-state index in [0.717, 1.165) is 24.2 Å². The number of carbonyl (C=O) groups excluding carboxylic acids is 2. The normalized spacial score (nSPS) is 34.9. The van der Waals surface area contributed by atoms with Crippen LogP contribution in [0.4, 0.5) is 5.69 Å². The summed E-state index contributed by atoms with van der Waals surface area (Å²) < 4.78 is 6.26. The minimum absolute atomic E-state index is 0.00443. The van der Waals surface area contributed by atoms with E-state index in [9.17, 15) is 9.59 Å². The van der Waals surface area contributed by atoms with Crippen LogP contribution in [0.1, 0.15) is 17.5 Å². The van der Waals surface area contributed by atoms with Gasteiger partial charge in [0.1, 0.15) is 5.60 Å². The van der Waals surface area contributed by atoms with E-state index in [1.54, 1.807) is 9.80 Å². The molecule has 2 amide bonds. The second-order valence-corrected chi connectivity index (χ2v) is 8.87. The standard InChI is InChI=1S/C22H28N4O3/c1-13-4-5-16(10-14(13)2)26-12-22-8-6-17(29-22)18(19(22)21(26)28)20(27)25(3)11-15-7-9-23-24-15/h4-6,8,10,15,17-19,23-24H,7,9,11-12H2,1-3H3/t15?,17-,18?,19?,22-/m1/s1. The van der Waals surface area contributed by atoms with Gasteiger partial charge in [-0.25, -0.2) is 0 Å². The van der Waals surface area contributed by atoms with Crippen molar-refractivity contribution in [2.75, 3.05) is 31.6 Å². The van der Waals surface area contributed by atoms with Crippen LogP contribution in [-0.4, -0.2) is 61.1 Å². The molecule has 4 aliphatic heterocycles. The van der Waals surface area contributed by atoms with Gasteiger partial charge in [-0.15, -0.1) is 0 Å². The Labute approximate surface area is 171 Å². The topological polar surface area (TPSA) is 73.9 Å². The molecule has 4 aliphatic rings. The molecule has 5 atom stereocenters. The molecule has 7 nitrogen and oxygen atoms in total. The molecule has 5 rings (SSSR count). The summed E-state index contributed by atoms with van der Waals surface area (Å²) >= 11 is 0. The predicted molar refractivity (Wildman–Crippen MR) is 109 cm³/mol. The molecule has 1 aromatic carbocycles. The van der Waals surface area contributed by atoms with Crippen LogP contribution in [0.5, 0.6) is 0 Å².